The summed E-state index contributed by atoms with van der Waals surface area (Å²) in [7, 11) is 0. The number of ether oxygens (including phenoxy) is 3. The van der Waals surface area contributed by atoms with Crippen LogP contribution in [0.2, 0.25) is 0 Å². The van der Waals surface area contributed by atoms with E-state index in [2.05, 4.69) is 21.5 Å². The van der Waals surface area contributed by atoms with E-state index >= 15 is 0 Å². The average molecular weight is 427 g/mol. The van der Waals surface area contributed by atoms with Crippen LogP contribution in [0.15, 0.2) is 37.3 Å². The monoisotopic (exact) mass is 426 g/mol. The molecule has 3 atom stereocenters. The summed E-state index contributed by atoms with van der Waals surface area (Å²) in [6, 6.07) is 3.84. The lowest BCUT2D eigenvalue weighted by Gasteiger charge is -2.29. The Balaban J connectivity index is 1.66. The number of pyridine rings is 1. The Bertz CT molecular complexity index is 920. The third-order valence-electron chi connectivity index (χ3n) is 5.39. The zero-order valence-electron chi connectivity index (χ0n) is 18.6. The maximum atomic E-state index is 12.4. The van der Waals surface area contributed by atoms with E-state index in [4.69, 9.17) is 14.2 Å². The number of carbonyl (C=O) groups is 1. The molecule has 0 radical (unpaired) electrons. The van der Waals surface area contributed by atoms with E-state index in [0.29, 0.717) is 29.5 Å². The highest BCUT2D eigenvalue weighted by Crippen LogP contribution is 2.31. The summed E-state index contributed by atoms with van der Waals surface area (Å²) in [6.07, 6.45) is 6.77. The van der Waals surface area contributed by atoms with Gasteiger partial charge >= 0.3 is 6.09 Å². The first kappa shape index (κ1) is 22.5. The quantitative estimate of drug-likeness (QED) is 0.570. The van der Waals surface area contributed by atoms with Crippen molar-refractivity contribution in [2.45, 2.75) is 65.1 Å². The van der Waals surface area contributed by atoms with Gasteiger partial charge in [0.1, 0.15) is 12.9 Å². The van der Waals surface area contributed by atoms with Gasteiger partial charge in [0.25, 0.3) is 0 Å². The highest BCUT2D eigenvalue weighted by atomic mass is 16.6. The van der Waals surface area contributed by atoms with Crippen LogP contribution in [-0.2, 0) is 4.74 Å². The molecule has 3 rings (SSSR count). The summed E-state index contributed by atoms with van der Waals surface area (Å²) in [6.45, 7) is 11.6. The van der Waals surface area contributed by atoms with Crippen LogP contribution in [0.3, 0.4) is 0 Å². The van der Waals surface area contributed by atoms with E-state index in [0.717, 1.165) is 18.5 Å². The topological polar surface area (TPSA) is 86.7 Å². The molecule has 31 heavy (non-hydrogen) atoms. The van der Waals surface area contributed by atoms with Crippen LogP contribution in [0.5, 0.6) is 17.5 Å². The van der Waals surface area contributed by atoms with Crippen molar-refractivity contribution in [2.75, 3.05) is 6.61 Å². The zero-order valence-corrected chi connectivity index (χ0v) is 18.6. The lowest BCUT2D eigenvalue weighted by Crippen LogP contribution is -2.42. The van der Waals surface area contributed by atoms with Gasteiger partial charge in [0, 0.05) is 24.7 Å². The summed E-state index contributed by atoms with van der Waals surface area (Å²) in [5.74, 6) is 1.53. The Labute approximate surface area is 183 Å². The fourth-order valence-corrected chi connectivity index (χ4v) is 3.78. The second-order valence-electron chi connectivity index (χ2n) is 7.82. The summed E-state index contributed by atoms with van der Waals surface area (Å²) >= 11 is 0. The minimum absolute atomic E-state index is 0.0539. The molecule has 0 spiro atoms. The fraction of sp³-hybridized carbons (Fsp3) is 0.478. The summed E-state index contributed by atoms with van der Waals surface area (Å²) in [5.41, 5.74) is 1.48. The molecule has 1 saturated heterocycles. The first-order chi connectivity index (χ1) is 14.9. The molecule has 0 N–H and O–H groups in total. The molecule has 1 aliphatic rings. The van der Waals surface area contributed by atoms with Crippen molar-refractivity contribution in [1.82, 2.24) is 19.9 Å². The van der Waals surface area contributed by atoms with Crippen LogP contribution < -0.4 is 9.47 Å². The number of hydrogen-bond acceptors (Lipinski definition) is 7. The predicted octanol–water partition coefficient (Wildman–Crippen LogP) is 4.61. The van der Waals surface area contributed by atoms with Crippen LogP contribution in [-0.4, -0.2) is 50.7 Å². The molecular weight excluding hydrogens is 396 g/mol. The predicted molar refractivity (Wildman–Crippen MR) is 116 cm³/mol. The molecule has 1 amide bonds. The minimum Gasteiger partial charge on any atom is -0.474 e. The number of aromatic nitrogens is 3. The second-order valence-corrected chi connectivity index (χ2v) is 7.82. The molecule has 2 unspecified atom stereocenters. The molecule has 1 fully saturated rings. The lowest BCUT2D eigenvalue weighted by molar-refractivity contribution is 0.0824. The number of carbonyl (C=O) groups excluding carboxylic acids is 1. The molecule has 0 saturated carbocycles. The number of likely N-dealkylation sites (tertiary alicyclic amines) is 1. The number of amides is 1. The SMILES string of the molecule is C=CCOC(=O)N1C(C)CCC1C[C@H](C)Oc1ncnc(Oc2cccnc2C)c1C. The third kappa shape index (κ3) is 5.51. The maximum absolute atomic E-state index is 12.4. The highest BCUT2D eigenvalue weighted by Gasteiger charge is 2.36. The van der Waals surface area contributed by atoms with E-state index in [9.17, 15) is 4.79 Å². The standard InChI is InChI=1S/C23H30N4O4/c1-6-12-29-23(28)27-15(2)9-10-19(27)13-16(3)30-21-17(4)22(26-14-25-21)31-20-8-7-11-24-18(20)5/h6-8,11,14-16,19H,1,9-10,12-13H2,2-5H3/t15?,16-,19?/m0/s1. The van der Waals surface area contributed by atoms with Crippen LogP contribution in [0, 0.1) is 13.8 Å². The van der Waals surface area contributed by atoms with Gasteiger partial charge in [-0.15, -0.1) is 0 Å². The molecule has 3 heterocycles. The van der Waals surface area contributed by atoms with Crippen molar-refractivity contribution in [1.29, 1.82) is 0 Å². The normalized spacial score (nSPS) is 19.0. The largest absolute Gasteiger partial charge is 0.474 e. The first-order valence-electron chi connectivity index (χ1n) is 10.5. The van der Waals surface area contributed by atoms with Gasteiger partial charge in [0.05, 0.1) is 17.4 Å². The van der Waals surface area contributed by atoms with Crippen molar-refractivity contribution in [3.05, 3.63) is 48.6 Å². The van der Waals surface area contributed by atoms with Crippen LogP contribution in [0.4, 0.5) is 4.79 Å². The van der Waals surface area contributed by atoms with Gasteiger partial charge < -0.3 is 19.1 Å². The maximum Gasteiger partial charge on any atom is 0.410 e. The Morgan fingerprint density at radius 3 is 2.81 bits per heavy atom. The molecule has 0 aliphatic carbocycles. The lowest BCUT2D eigenvalue weighted by atomic mass is 10.1. The Morgan fingerprint density at radius 2 is 2.06 bits per heavy atom. The molecule has 2 aromatic rings. The van der Waals surface area contributed by atoms with E-state index in [-0.39, 0.29) is 30.9 Å². The Kier molecular flexibility index (Phi) is 7.44. The van der Waals surface area contributed by atoms with Gasteiger partial charge in [0.15, 0.2) is 5.75 Å². The van der Waals surface area contributed by atoms with Crippen LogP contribution in [0.25, 0.3) is 0 Å². The van der Waals surface area contributed by atoms with Crippen molar-refractivity contribution in [2.24, 2.45) is 0 Å². The van der Waals surface area contributed by atoms with Gasteiger partial charge in [-0.05, 0) is 52.7 Å². The molecular formula is C23H30N4O4. The van der Waals surface area contributed by atoms with Crippen LogP contribution in [0.1, 0.15) is 44.4 Å². The number of hydrogen-bond donors (Lipinski definition) is 0. The smallest absolute Gasteiger partial charge is 0.410 e. The Morgan fingerprint density at radius 1 is 1.29 bits per heavy atom. The van der Waals surface area contributed by atoms with Gasteiger partial charge in [-0.1, -0.05) is 12.7 Å². The highest BCUT2D eigenvalue weighted by molar-refractivity contribution is 5.69. The number of rotatable bonds is 8. The number of aryl methyl sites for hydroxylation is 1. The average Bonchev–Trinajstić information content (AvgIpc) is 3.10. The van der Waals surface area contributed by atoms with Gasteiger partial charge in [-0.25, -0.2) is 14.8 Å². The third-order valence-corrected chi connectivity index (χ3v) is 5.39. The molecule has 2 aromatic heterocycles. The zero-order chi connectivity index (χ0) is 22.4. The summed E-state index contributed by atoms with van der Waals surface area (Å²) < 4.78 is 17.3. The second kappa shape index (κ2) is 10.2. The molecule has 0 bridgehead atoms. The molecule has 1 aliphatic heterocycles. The van der Waals surface area contributed by atoms with Crippen molar-refractivity contribution < 1.29 is 19.0 Å². The van der Waals surface area contributed by atoms with E-state index in [1.165, 1.54) is 6.33 Å². The van der Waals surface area contributed by atoms with Gasteiger partial charge in [0.2, 0.25) is 11.8 Å². The van der Waals surface area contributed by atoms with E-state index < -0.39 is 0 Å². The molecule has 166 valence electrons. The van der Waals surface area contributed by atoms with E-state index in [1.807, 2.05) is 44.7 Å². The fourth-order valence-electron chi connectivity index (χ4n) is 3.78. The number of nitrogens with zero attached hydrogens (tertiary/aromatic N) is 4. The van der Waals surface area contributed by atoms with Gasteiger partial charge in [-0.2, -0.15) is 0 Å². The summed E-state index contributed by atoms with van der Waals surface area (Å²) in [5, 5.41) is 0. The van der Waals surface area contributed by atoms with E-state index in [1.54, 1.807) is 12.3 Å². The molecule has 0 aromatic carbocycles. The van der Waals surface area contributed by atoms with Crippen molar-refractivity contribution >= 4 is 6.09 Å². The first-order valence-corrected chi connectivity index (χ1v) is 10.5. The minimum atomic E-state index is -0.303. The Hall–Kier alpha value is -3.16. The molecule has 8 heteroatoms. The van der Waals surface area contributed by atoms with Crippen LogP contribution >= 0.6 is 0 Å². The van der Waals surface area contributed by atoms with Gasteiger partial charge in [-0.3, -0.25) is 4.98 Å². The van der Waals surface area contributed by atoms with Crippen molar-refractivity contribution in [3.63, 3.8) is 0 Å². The molecule has 8 nitrogen and oxygen atoms in total. The van der Waals surface area contributed by atoms with Crippen molar-refractivity contribution in [3.8, 4) is 17.5 Å². The summed E-state index contributed by atoms with van der Waals surface area (Å²) in [4.78, 5) is 27.0.